The highest BCUT2D eigenvalue weighted by Crippen LogP contribution is 2.27. The van der Waals surface area contributed by atoms with Crippen molar-refractivity contribution in [2.24, 2.45) is 0 Å². The molecule has 2 aromatic rings. The Bertz CT molecular complexity index is 798. The molecule has 2 N–H and O–H groups in total. The van der Waals surface area contributed by atoms with Gasteiger partial charge in [-0.2, -0.15) is 0 Å². The van der Waals surface area contributed by atoms with Crippen LogP contribution < -0.4 is 20.1 Å². The Morgan fingerprint density at radius 3 is 2.31 bits per heavy atom. The van der Waals surface area contributed by atoms with E-state index in [2.05, 4.69) is 10.6 Å². The lowest BCUT2D eigenvalue weighted by atomic mass is 10.1. The summed E-state index contributed by atoms with van der Waals surface area (Å²) >= 11 is 0. The van der Waals surface area contributed by atoms with E-state index in [0.717, 1.165) is 5.56 Å². The molecule has 0 spiro atoms. The number of anilines is 1. The Kier molecular flexibility index (Phi) is 6.79. The van der Waals surface area contributed by atoms with Gasteiger partial charge in [0.25, 0.3) is 5.91 Å². The average molecular weight is 354 g/mol. The molecule has 0 aliphatic rings. The van der Waals surface area contributed by atoms with E-state index in [-0.39, 0.29) is 11.8 Å². The van der Waals surface area contributed by atoms with E-state index in [0.29, 0.717) is 29.3 Å². The fourth-order valence-corrected chi connectivity index (χ4v) is 2.28. The van der Waals surface area contributed by atoms with Crippen molar-refractivity contribution in [1.29, 1.82) is 0 Å². The van der Waals surface area contributed by atoms with Gasteiger partial charge in [-0.15, -0.1) is 0 Å². The molecule has 26 heavy (non-hydrogen) atoms. The van der Waals surface area contributed by atoms with Gasteiger partial charge in [0.1, 0.15) is 0 Å². The van der Waals surface area contributed by atoms with E-state index >= 15 is 0 Å². The Morgan fingerprint density at radius 2 is 1.69 bits per heavy atom. The molecule has 0 heterocycles. The van der Waals surface area contributed by atoms with E-state index in [1.807, 2.05) is 13.0 Å². The summed E-state index contributed by atoms with van der Waals surface area (Å²) in [4.78, 5) is 23.8. The van der Waals surface area contributed by atoms with Crippen LogP contribution in [0.25, 0.3) is 6.08 Å². The Morgan fingerprint density at radius 1 is 1.00 bits per heavy atom. The van der Waals surface area contributed by atoms with Crippen LogP contribution >= 0.6 is 0 Å². The number of amides is 2. The highest BCUT2D eigenvalue weighted by Gasteiger charge is 2.05. The largest absolute Gasteiger partial charge is 0.493 e. The predicted octanol–water partition coefficient (Wildman–Crippen LogP) is 3.11. The molecule has 0 saturated carbocycles. The third-order valence-electron chi connectivity index (χ3n) is 3.59. The van der Waals surface area contributed by atoms with E-state index in [9.17, 15) is 9.59 Å². The van der Waals surface area contributed by atoms with Crippen molar-refractivity contribution < 1.29 is 19.1 Å². The van der Waals surface area contributed by atoms with Crippen LogP contribution in [0.1, 0.15) is 22.8 Å². The quantitative estimate of drug-likeness (QED) is 0.749. The Balaban J connectivity index is 2.00. The predicted molar refractivity (Wildman–Crippen MR) is 102 cm³/mol. The number of methoxy groups -OCH3 is 2. The van der Waals surface area contributed by atoms with E-state index in [1.165, 1.54) is 6.08 Å². The Hall–Kier alpha value is -3.28. The first-order valence-corrected chi connectivity index (χ1v) is 8.16. The van der Waals surface area contributed by atoms with Crippen molar-refractivity contribution in [2.75, 3.05) is 26.1 Å². The first-order chi connectivity index (χ1) is 12.6. The van der Waals surface area contributed by atoms with Gasteiger partial charge in [-0.1, -0.05) is 6.07 Å². The fourth-order valence-electron chi connectivity index (χ4n) is 2.28. The van der Waals surface area contributed by atoms with E-state index < -0.39 is 0 Å². The first kappa shape index (κ1) is 19.1. The maximum Gasteiger partial charge on any atom is 0.251 e. The van der Waals surface area contributed by atoms with Crippen LogP contribution in [0, 0.1) is 0 Å². The summed E-state index contributed by atoms with van der Waals surface area (Å²) in [6.07, 6.45) is 3.11. The monoisotopic (exact) mass is 354 g/mol. The van der Waals surface area contributed by atoms with Gasteiger partial charge in [0, 0.05) is 23.9 Å². The second-order valence-electron chi connectivity index (χ2n) is 5.37. The molecule has 2 rings (SSSR count). The standard InChI is InChI=1S/C20H22N2O4/c1-4-21-20(24)15-7-9-16(10-8-15)22-19(23)12-6-14-5-11-17(25-2)18(13-14)26-3/h5-13H,4H2,1-3H3,(H,21,24)(H,22,23)/b12-6+. The molecular weight excluding hydrogens is 332 g/mol. The maximum absolute atomic E-state index is 12.1. The minimum Gasteiger partial charge on any atom is -0.493 e. The van der Waals surface area contributed by atoms with E-state index in [1.54, 1.807) is 56.7 Å². The van der Waals surface area contributed by atoms with Gasteiger partial charge >= 0.3 is 0 Å². The number of carbonyl (C=O) groups is 2. The molecule has 2 aromatic carbocycles. The molecule has 0 bridgehead atoms. The minimum atomic E-state index is -0.273. The van der Waals surface area contributed by atoms with Crippen molar-refractivity contribution in [1.82, 2.24) is 5.32 Å². The highest BCUT2D eigenvalue weighted by molar-refractivity contribution is 6.02. The molecule has 0 aromatic heterocycles. The normalized spacial score (nSPS) is 10.4. The number of ether oxygens (including phenoxy) is 2. The lowest BCUT2D eigenvalue weighted by Gasteiger charge is -2.07. The minimum absolute atomic E-state index is 0.140. The number of nitrogens with one attached hydrogen (secondary N) is 2. The third-order valence-corrected chi connectivity index (χ3v) is 3.59. The van der Waals surface area contributed by atoms with Gasteiger partial charge in [0.15, 0.2) is 11.5 Å². The summed E-state index contributed by atoms with van der Waals surface area (Å²) in [6, 6.07) is 12.1. The van der Waals surface area contributed by atoms with Gasteiger partial charge in [-0.25, -0.2) is 0 Å². The van der Waals surface area contributed by atoms with Gasteiger partial charge in [0.2, 0.25) is 5.91 Å². The zero-order chi connectivity index (χ0) is 18.9. The van der Waals surface area contributed by atoms with Crippen molar-refractivity contribution in [2.45, 2.75) is 6.92 Å². The van der Waals surface area contributed by atoms with Crippen molar-refractivity contribution in [3.05, 3.63) is 59.7 Å². The second-order valence-corrected chi connectivity index (χ2v) is 5.37. The maximum atomic E-state index is 12.1. The van der Waals surface area contributed by atoms with Crippen LogP contribution in [0.5, 0.6) is 11.5 Å². The molecule has 0 radical (unpaired) electrons. The van der Waals surface area contributed by atoms with Gasteiger partial charge in [0.05, 0.1) is 14.2 Å². The molecular formula is C20H22N2O4. The third kappa shape index (κ3) is 5.11. The summed E-state index contributed by atoms with van der Waals surface area (Å²) in [5.41, 5.74) is 1.97. The molecule has 0 fully saturated rings. The van der Waals surface area contributed by atoms with Crippen molar-refractivity contribution in [3.8, 4) is 11.5 Å². The lowest BCUT2D eigenvalue weighted by molar-refractivity contribution is -0.111. The molecule has 6 nitrogen and oxygen atoms in total. The lowest BCUT2D eigenvalue weighted by Crippen LogP contribution is -2.22. The number of carbonyl (C=O) groups excluding carboxylic acids is 2. The highest BCUT2D eigenvalue weighted by atomic mass is 16.5. The van der Waals surface area contributed by atoms with Crippen LogP contribution in [0.2, 0.25) is 0 Å². The number of hydrogen-bond acceptors (Lipinski definition) is 4. The van der Waals surface area contributed by atoms with Gasteiger partial charge in [-0.05, 0) is 55.0 Å². The number of hydrogen-bond donors (Lipinski definition) is 2. The van der Waals surface area contributed by atoms with Gasteiger partial charge in [-0.3, -0.25) is 9.59 Å². The smallest absolute Gasteiger partial charge is 0.251 e. The summed E-state index contributed by atoms with van der Waals surface area (Å²) in [5, 5.41) is 5.47. The molecule has 6 heteroatoms. The second kappa shape index (κ2) is 9.27. The van der Waals surface area contributed by atoms with Crippen LogP contribution in [-0.4, -0.2) is 32.6 Å². The average Bonchev–Trinajstić information content (AvgIpc) is 2.66. The van der Waals surface area contributed by atoms with Gasteiger partial charge < -0.3 is 20.1 Å². The zero-order valence-corrected chi connectivity index (χ0v) is 15.0. The summed E-state index contributed by atoms with van der Waals surface area (Å²) in [7, 11) is 3.13. The van der Waals surface area contributed by atoms with Crippen molar-refractivity contribution in [3.63, 3.8) is 0 Å². The molecule has 0 saturated heterocycles. The zero-order valence-electron chi connectivity index (χ0n) is 15.0. The topological polar surface area (TPSA) is 76.7 Å². The first-order valence-electron chi connectivity index (χ1n) is 8.16. The van der Waals surface area contributed by atoms with Crippen molar-refractivity contribution >= 4 is 23.6 Å². The van der Waals surface area contributed by atoms with Crippen LogP contribution in [-0.2, 0) is 4.79 Å². The number of benzene rings is 2. The molecule has 0 aliphatic carbocycles. The fraction of sp³-hybridized carbons (Fsp3) is 0.200. The summed E-state index contributed by atoms with van der Waals surface area (Å²) in [6.45, 7) is 2.43. The van der Waals surface area contributed by atoms with Crippen LogP contribution in [0.15, 0.2) is 48.5 Å². The molecule has 0 aliphatic heterocycles. The molecule has 0 unspecified atom stereocenters. The summed E-state index contributed by atoms with van der Waals surface area (Å²) in [5.74, 6) is 0.807. The SMILES string of the molecule is CCNC(=O)c1ccc(NC(=O)/C=C/c2ccc(OC)c(OC)c2)cc1. The molecule has 0 atom stereocenters. The van der Waals surface area contributed by atoms with Crippen LogP contribution in [0.3, 0.4) is 0 Å². The van der Waals surface area contributed by atoms with E-state index in [4.69, 9.17) is 9.47 Å². The molecule has 136 valence electrons. The molecule has 2 amide bonds. The van der Waals surface area contributed by atoms with Crippen LogP contribution in [0.4, 0.5) is 5.69 Å². The summed E-state index contributed by atoms with van der Waals surface area (Å²) < 4.78 is 10.4. The Labute approximate surface area is 152 Å². The number of rotatable bonds is 7.